The van der Waals surface area contributed by atoms with Crippen LogP contribution in [0.1, 0.15) is 25.0 Å². The SMILES string of the molecule is CC(C)(c1ccc(O)cc1)c1ccc(O[P+](=O)Oc2ccccc2)cc1. The molecule has 5 heteroatoms. The van der Waals surface area contributed by atoms with E-state index in [1.54, 1.807) is 48.5 Å². The third-order valence-corrected chi connectivity index (χ3v) is 4.99. The molecule has 4 nitrogen and oxygen atoms in total. The molecule has 1 atom stereocenters. The smallest absolute Gasteiger partial charge is 0.508 e. The quantitative estimate of drug-likeness (QED) is 0.557. The first-order chi connectivity index (χ1) is 12.4. The van der Waals surface area contributed by atoms with Crippen LogP contribution in [0.5, 0.6) is 17.2 Å². The second-order valence-electron chi connectivity index (χ2n) is 6.42. The first kappa shape index (κ1) is 18.0. The molecule has 3 rings (SSSR count). The van der Waals surface area contributed by atoms with Crippen LogP contribution in [0.4, 0.5) is 0 Å². The Bertz CT molecular complexity index is 872. The van der Waals surface area contributed by atoms with E-state index in [0.29, 0.717) is 11.5 Å². The Morgan fingerprint density at radius 3 is 1.73 bits per heavy atom. The number of hydrogen-bond acceptors (Lipinski definition) is 4. The third kappa shape index (κ3) is 4.22. The predicted octanol–water partition coefficient (Wildman–Crippen LogP) is 5.83. The van der Waals surface area contributed by atoms with Crippen molar-refractivity contribution in [1.29, 1.82) is 0 Å². The van der Waals surface area contributed by atoms with Gasteiger partial charge in [-0.25, -0.2) is 9.05 Å². The van der Waals surface area contributed by atoms with Crippen molar-refractivity contribution in [3.63, 3.8) is 0 Å². The van der Waals surface area contributed by atoms with Gasteiger partial charge in [0.05, 0.1) is 0 Å². The number of hydrogen-bond donors (Lipinski definition) is 1. The molecule has 0 fully saturated rings. The molecule has 0 aliphatic heterocycles. The van der Waals surface area contributed by atoms with E-state index >= 15 is 0 Å². The zero-order valence-electron chi connectivity index (χ0n) is 14.6. The van der Waals surface area contributed by atoms with Crippen molar-refractivity contribution in [1.82, 2.24) is 0 Å². The van der Waals surface area contributed by atoms with Crippen molar-refractivity contribution in [2.75, 3.05) is 0 Å². The maximum Gasteiger partial charge on any atom is 0.805 e. The van der Waals surface area contributed by atoms with E-state index in [-0.39, 0.29) is 11.2 Å². The summed E-state index contributed by atoms with van der Waals surface area (Å²) in [5.41, 5.74) is 1.92. The molecule has 0 saturated heterocycles. The van der Waals surface area contributed by atoms with Gasteiger partial charge in [-0.15, -0.1) is 0 Å². The van der Waals surface area contributed by atoms with Crippen LogP contribution in [-0.4, -0.2) is 5.11 Å². The molecule has 0 aliphatic carbocycles. The molecule has 0 aromatic heterocycles. The second kappa shape index (κ2) is 7.59. The minimum Gasteiger partial charge on any atom is -0.508 e. The Balaban J connectivity index is 1.69. The van der Waals surface area contributed by atoms with Crippen LogP contribution in [0.25, 0.3) is 0 Å². The summed E-state index contributed by atoms with van der Waals surface area (Å²) < 4.78 is 22.6. The fourth-order valence-corrected chi connectivity index (χ4v) is 3.27. The van der Waals surface area contributed by atoms with Gasteiger partial charge in [-0.05, 0) is 47.5 Å². The lowest BCUT2D eigenvalue weighted by atomic mass is 9.78. The van der Waals surface area contributed by atoms with Gasteiger partial charge in [-0.1, -0.05) is 56.3 Å². The number of benzene rings is 3. The summed E-state index contributed by atoms with van der Waals surface area (Å²) in [6.45, 7) is 4.21. The van der Waals surface area contributed by atoms with Gasteiger partial charge >= 0.3 is 8.25 Å². The van der Waals surface area contributed by atoms with Crippen LogP contribution >= 0.6 is 8.25 Å². The second-order valence-corrected chi connectivity index (χ2v) is 7.23. The molecule has 0 bridgehead atoms. The highest BCUT2D eigenvalue weighted by atomic mass is 31.1. The van der Waals surface area contributed by atoms with Crippen molar-refractivity contribution in [3.8, 4) is 17.2 Å². The summed E-state index contributed by atoms with van der Waals surface area (Å²) in [6, 6.07) is 23.5. The van der Waals surface area contributed by atoms with Crippen LogP contribution in [0.3, 0.4) is 0 Å². The monoisotopic (exact) mass is 367 g/mol. The van der Waals surface area contributed by atoms with Crippen molar-refractivity contribution in [2.24, 2.45) is 0 Å². The highest BCUT2D eigenvalue weighted by molar-refractivity contribution is 7.34. The van der Waals surface area contributed by atoms with Crippen LogP contribution in [-0.2, 0) is 9.98 Å². The fraction of sp³-hybridized carbons (Fsp3) is 0.143. The van der Waals surface area contributed by atoms with E-state index in [1.807, 2.05) is 30.3 Å². The lowest BCUT2D eigenvalue weighted by molar-refractivity contribution is 0.415. The third-order valence-electron chi connectivity index (χ3n) is 4.27. The molecule has 0 amide bonds. The van der Waals surface area contributed by atoms with Gasteiger partial charge in [0.15, 0.2) is 11.5 Å². The summed E-state index contributed by atoms with van der Waals surface area (Å²) in [5, 5.41) is 9.46. The molecule has 3 aromatic carbocycles. The highest BCUT2D eigenvalue weighted by Crippen LogP contribution is 2.35. The Morgan fingerprint density at radius 2 is 1.19 bits per heavy atom. The van der Waals surface area contributed by atoms with E-state index in [0.717, 1.165) is 11.1 Å². The summed E-state index contributed by atoms with van der Waals surface area (Å²) in [7, 11) is -2.30. The van der Waals surface area contributed by atoms with Gasteiger partial charge in [0.25, 0.3) is 0 Å². The van der Waals surface area contributed by atoms with Crippen LogP contribution in [0.15, 0.2) is 78.9 Å². The van der Waals surface area contributed by atoms with Crippen LogP contribution in [0.2, 0.25) is 0 Å². The number of phenolic OH excluding ortho intramolecular Hbond substituents is 1. The highest BCUT2D eigenvalue weighted by Gasteiger charge is 2.26. The Morgan fingerprint density at radius 1 is 0.731 bits per heavy atom. The summed E-state index contributed by atoms with van der Waals surface area (Å²) in [4.78, 5) is 0. The van der Waals surface area contributed by atoms with Gasteiger partial charge in [0.2, 0.25) is 0 Å². The topological polar surface area (TPSA) is 55.8 Å². The molecule has 1 N–H and O–H groups in total. The van der Waals surface area contributed by atoms with E-state index in [4.69, 9.17) is 9.05 Å². The van der Waals surface area contributed by atoms with Crippen molar-refractivity contribution in [2.45, 2.75) is 19.3 Å². The van der Waals surface area contributed by atoms with Crippen molar-refractivity contribution < 1.29 is 18.7 Å². The van der Waals surface area contributed by atoms with Gasteiger partial charge in [0, 0.05) is 9.98 Å². The first-order valence-electron chi connectivity index (χ1n) is 8.23. The largest absolute Gasteiger partial charge is 0.805 e. The summed E-state index contributed by atoms with van der Waals surface area (Å²) in [6.07, 6.45) is 0. The average molecular weight is 367 g/mol. The fourth-order valence-electron chi connectivity index (χ4n) is 2.65. The molecular formula is C21H20O4P+. The average Bonchev–Trinajstić information content (AvgIpc) is 2.63. The van der Waals surface area contributed by atoms with E-state index in [9.17, 15) is 9.67 Å². The summed E-state index contributed by atoms with van der Waals surface area (Å²) >= 11 is 0. The van der Waals surface area contributed by atoms with E-state index < -0.39 is 8.25 Å². The standard InChI is InChI=1S/C21H19O4P/c1-21(2,16-8-12-18(22)13-9-16)17-10-14-20(15-11-17)25-26(23)24-19-6-4-3-5-7-19/h3-15H,1-2H3/p+1. The van der Waals surface area contributed by atoms with Gasteiger partial charge in [-0.2, -0.15) is 0 Å². The Hall–Kier alpha value is -2.84. The maximum absolute atomic E-state index is 12.0. The van der Waals surface area contributed by atoms with E-state index in [2.05, 4.69) is 13.8 Å². The number of rotatable bonds is 6. The number of phenols is 1. The minimum absolute atomic E-state index is 0.241. The van der Waals surface area contributed by atoms with Crippen LogP contribution < -0.4 is 9.05 Å². The van der Waals surface area contributed by atoms with Gasteiger partial charge in [0.1, 0.15) is 5.75 Å². The molecule has 0 radical (unpaired) electrons. The Labute approximate surface area is 154 Å². The molecule has 0 saturated carbocycles. The molecule has 1 unspecified atom stereocenters. The van der Waals surface area contributed by atoms with Gasteiger partial charge in [-0.3, -0.25) is 0 Å². The van der Waals surface area contributed by atoms with Crippen molar-refractivity contribution >= 4 is 8.25 Å². The molecule has 26 heavy (non-hydrogen) atoms. The predicted molar refractivity (Wildman–Crippen MR) is 102 cm³/mol. The minimum atomic E-state index is -2.30. The Kier molecular flexibility index (Phi) is 5.24. The lowest BCUT2D eigenvalue weighted by Crippen LogP contribution is -2.18. The number of para-hydroxylation sites is 1. The zero-order chi connectivity index (χ0) is 18.6. The number of aromatic hydroxyl groups is 1. The van der Waals surface area contributed by atoms with Crippen LogP contribution in [0, 0.1) is 0 Å². The molecule has 0 aliphatic rings. The first-order valence-corrected chi connectivity index (χ1v) is 9.33. The molecule has 132 valence electrons. The maximum atomic E-state index is 12.0. The molecule has 0 heterocycles. The molecule has 0 spiro atoms. The lowest BCUT2D eigenvalue weighted by Gasteiger charge is -2.26. The normalized spacial score (nSPS) is 11.7. The van der Waals surface area contributed by atoms with E-state index in [1.165, 1.54) is 0 Å². The molecule has 3 aromatic rings. The summed E-state index contributed by atoms with van der Waals surface area (Å²) in [5.74, 6) is 1.22. The van der Waals surface area contributed by atoms with Gasteiger partial charge < -0.3 is 5.11 Å². The molecular weight excluding hydrogens is 347 g/mol. The van der Waals surface area contributed by atoms with Crippen molar-refractivity contribution in [3.05, 3.63) is 90.0 Å². The zero-order valence-corrected chi connectivity index (χ0v) is 15.5.